The number of ether oxygens (including phenoxy) is 1. The summed E-state index contributed by atoms with van der Waals surface area (Å²) in [6.45, 7) is 1.65. The maximum Gasteiger partial charge on any atom is 0.304 e. The Kier molecular flexibility index (Phi) is 3.50. The number of carboxylic acid groups (broad SMARTS) is 1. The quantitative estimate of drug-likeness (QED) is 0.892. The van der Waals surface area contributed by atoms with E-state index in [-0.39, 0.29) is 12.3 Å². The SMILES string of the molecule is COc1ccccc1N1N=C(C)C(CC(=O)O)C1=O. The Labute approximate surface area is 110 Å². The fourth-order valence-corrected chi connectivity index (χ4v) is 1.99. The minimum atomic E-state index is -1.02. The van der Waals surface area contributed by atoms with Gasteiger partial charge in [-0.15, -0.1) is 0 Å². The third-order valence-corrected chi connectivity index (χ3v) is 2.96. The molecule has 1 N–H and O–H groups in total. The molecule has 0 fully saturated rings. The van der Waals surface area contributed by atoms with E-state index in [1.54, 1.807) is 31.2 Å². The second-order valence-corrected chi connectivity index (χ2v) is 4.21. The van der Waals surface area contributed by atoms with Gasteiger partial charge in [0, 0.05) is 5.71 Å². The van der Waals surface area contributed by atoms with Crippen molar-refractivity contribution in [3.05, 3.63) is 24.3 Å². The van der Waals surface area contributed by atoms with Gasteiger partial charge in [-0.25, -0.2) is 0 Å². The van der Waals surface area contributed by atoms with Crippen LogP contribution in [0.25, 0.3) is 0 Å². The largest absolute Gasteiger partial charge is 0.494 e. The Balaban J connectivity index is 2.33. The summed E-state index contributed by atoms with van der Waals surface area (Å²) in [6.07, 6.45) is -0.250. The summed E-state index contributed by atoms with van der Waals surface area (Å²) in [5.41, 5.74) is 1.01. The van der Waals surface area contributed by atoms with Crippen LogP contribution >= 0.6 is 0 Å². The van der Waals surface area contributed by atoms with Crippen LogP contribution in [0, 0.1) is 5.92 Å². The predicted octanol–water partition coefficient (Wildman–Crippen LogP) is 1.51. The van der Waals surface area contributed by atoms with Crippen LogP contribution in [0.3, 0.4) is 0 Å². The van der Waals surface area contributed by atoms with E-state index in [0.717, 1.165) is 0 Å². The van der Waals surface area contributed by atoms with Crippen molar-refractivity contribution in [2.24, 2.45) is 11.0 Å². The molecule has 2 rings (SSSR count). The number of methoxy groups -OCH3 is 1. The number of hydrogen-bond donors (Lipinski definition) is 1. The first-order valence-electron chi connectivity index (χ1n) is 5.78. The van der Waals surface area contributed by atoms with Gasteiger partial charge in [0.15, 0.2) is 0 Å². The summed E-state index contributed by atoms with van der Waals surface area (Å²) >= 11 is 0. The van der Waals surface area contributed by atoms with E-state index in [9.17, 15) is 9.59 Å². The average molecular weight is 262 g/mol. The summed E-state index contributed by atoms with van der Waals surface area (Å²) in [5.74, 6) is -1.55. The van der Waals surface area contributed by atoms with E-state index in [1.807, 2.05) is 0 Å². The van der Waals surface area contributed by atoms with Crippen LogP contribution in [-0.2, 0) is 9.59 Å². The Bertz CT molecular complexity index is 553. The predicted molar refractivity (Wildman–Crippen MR) is 69.3 cm³/mol. The van der Waals surface area contributed by atoms with Crippen LogP contribution in [0.15, 0.2) is 29.4 Å². The van der Waals surface area contributed by atoms with E-state index in [4.69, 9.17) is 9.84 Å². The molecule has 1 aromatic carbocycles. The molecule has 0 saturated heterocycles. The van der Waals surface area contributed by atoms with E-state index < -0.39 is 11.9 Å². The number of benzene rings is 1. The monoisotopic (exact) mass is 262 g/mol. The number of para-hydroxylation sites is 2. The maximum atomic E-state index is 12.2. The number of carboxylic acids is 1. The number of nitrogens with zero attached hydrogens (tertiary/aromatic N) is 2. The lowest BCUT2D eigenvalue weighted by Gasteiger charge is -2.16. The fraction of sp³-hybridized carbons (Fsp3) is 0.308. The molecule has 0 bridgehead atoms. The molecule has 0 aliphatic carbocycles. The zero-order valence-electron chi connectivity index (χ0n) is 10.7. The zero-order chi connectivity index (χ0) is 14.0. The van der Waals surface area contributed by atoms with Gasteiger partial charge in [-0.2, -0.15) is 10.1 Å². The number of hydrogen-bond acceptors (Lipinski definition) is 4. The molecule has 6 nitrogen and oxygen atoms in total. The number of carbonyl (C=O) groups excluding carboxylic acids is 1. The number of aliphatic carboxylic acids is 1. The smallest absolute Gasteiger partial charge is 0.304 e. The Hall–Kier alpha value is -2.37. The van der Waals surface area contributed by atoms with Crippen LogP contribution in [0.5, 0.6) is 5.75 Å². The van der Waals surface area contributed by atoms with Crippen molar-refractivity contribution in [1.29, 1.82) is 0 Å². The second kappa shape index (κ2) is 5.09. The average Bonchev–Trinajstić information content (AvgIpc) is 2.66. The maximum absolute atomic E-state index is 12.2. The van der Waals surface area contributed by atoms with Gasteiger partial charge in [-0.3, -0.25) is 9.59 Å². The van der Waals surface area contributed by atoms with E-state index in [1.165, 1.54) is 12.1 Å². The van der Waals surface area contributed by atoms with Gasteiger partial charge in [0.1, 0.15) is 11.4 Å². The Morgan fingerprint density at radius 1 is 1.47 bits per heavy atom. The molecular weight excluding hydrogens is 248 g/mol. The molecule has 1 unspecified atom stereocenters. The summed E-state index contributed by atoms with van der Waals surface area (Å²) < 4.78 is 5.18. The second-order valence-electron chi connectivity index (χ2n) is 4.21. The van der Waals surface area contributed by atoms with Gasteiger partial charge < -0.3 is 9.84 Å². The number of hydrazone groups is 1. The highest BCUT2D eigenvalue weighted by atomic mass is 16.5. The molecule has 1 atom stereocenters. The van der Waals surface area contributed by atoms with Crippen molar-refractivity contribution in [2.75, 3.05) is 12.1 Å². The lowest BCUT2D eigenvalue weighted by atomic mass is 10.0. The molecule has 1 aromatic rings. The third-order valence-electron chi connectivity index (χ3n) is 2.96. The molecule has 19 heavy (non-hydrogen) atoms. The molecule has 6 heteroatoms. The minimum absolute atomic E-state index is 0.250. The van der Waals surface area contributed by atoms with Crippen LogP contribution in [0.4, 0.5) is 5.69 Å². The molecule has 1 amide bonds. The van der Waals surface area contributed by atoms with Crippen LogP contribution in [0.2, 0.25) is 0 Å². The van der Waals surface area contributed by atoms with Gasteiger partial charge in [-0.1, -0.05) is 12.1 Å². The number of carbonyl (C=O) groups is 2. The van der Waals surface area contributed by atoms with Crippen LogP contribution in [-0.4, -0.2) is 29.8 Å². The van der Waals surface area contributed by atoms with Gasteiger partial charge in [0.2, 0.25) is 0 Å². The first-order chi connectivity index (χ1) is 9.04. The number of anilines is 1. The first-order valence-corrected chi connectivity index (χ1v) is 5.78. The lowest BCUT2D eigenvalue weighted by Crippen LogP contribution is -2.28. The number of amides is 1. The summed E-state index contributed by atoms with van der Waals surface area (Å²) in [6, 6.07) is 6.98. The van der Waals surface area contributed by atoms with E-state index in [0.29, 0.717) is 17.1 Å². The van der Waals surface area contributed by atoms with Crippen molar-refractivity contribution < 1.29 is 19.4 Å². The van der Waals surface area contributed by atoms with E-state index in [2.05, 4.69) is 5.10 Å². The van der Waals surface area contributed by atoms with Gasteiger partial charge >= 0.3 is 5.97 Å². The molecule has 0 saturated carbocycles. The number of rotatable bonds is 4. The topological polar surface area (TPSA) is 79.2 Å². The molecule has 1 aliphatic heterocycles. The molecule has 1 aliphatic rings. The molecule has 0 spiro atoms. The fourth-order valence-electron chi connectivity index (χ4n) is 1.99. The standard InChI is InChI=1S/C13H14N2O4/c1-8-9(7-12(16)17)13(18)15(14-8)10-5-3-4-6-11(10)19-2/h3-6,9H,7H2,1-2H3,(H,16,17). The van der Waals surface area contributed by atoms with Crippen molar-refractivity contribution >= 4 is 23.3 Å². The van der Waals surface area contributed by atoms with Crippen molar-refractivity contribution in [2.45, 2.75) is 13.3 Å². The molecule has 1 heterocycles. The van der Waals surface area contributed by atoms with Crippen molar-refractivity contribution in [3.63, 3.8) is 0 Å². The summed E-state index contributed by atoms with van der Waals surface area (Å²) in [4.78, 5) is 23.0. The van der Waals surface area contributed by atoms with Crippen molar-refractivity contribution in [1.82, 2.24) is 0 Å². The normalized spacial score (nSPS) is 18.4. The van der Waals surface area contributed by atoms with Gasteiger partial charge in [0.05, 0.1) is 19.4 Å². The van der Waals surface area contributed by atoms with Crippen LogP contribution in [0.1, 0.15) is 13.3 Å². The van der Waals surface area contributed by atoms with Gasteiger partial charge in [0.25, 0.3) is 5.91 Å². The summed E-state index contributed by atoms with van der Waals surface area (Å²) in [7, 11) is 1.50. The molecule has 0 radical (unpaired) electrons. The molecular formula is C13H14N2O4. The Morgan fingerprint density at radius 2 is 2.16 bits per heavy atom. The van der Waals surface area contributed by atoms with Crippen molar-refractivity contribution in [3.8, 4) is 5.75 Å². The minimum Gasteiger partial charge on any atom is -0.494 e. The lowest BCUT2D eigenvalue weighted by molar-refractivity contribution is -0.139. The third kappa shape index (κ3) is 2.42. The summed E-state index contributed by atoms with van der Waals surface area (Å²) in [5, 5.41) is 14.2. The first kappa shape index (κ1) is 13.1. The molecule has 100 valence electrons. The van der Waals surface area contributed by atoms with Gasteiger partial charge in [-0.05, 0) is 19.1 Å². The Morgan fingerprint density at radius 3 is 2.79 bits per heavy atom. The highest BCUT2D eigenvalue weighted by Gasteiger charge is 2.36. The van der Waals surface area contributed by atoms with E-state index >= 15 is 0 Å². The highest BCUT2D eigenvalue weighted by Crippen LogP contribution is 2.32. The molecule has 0 aromatic heterocycles. The zero-order valence-corrected chi connectivity index (χ0v) is 10.7. The van der Waals surface area contributed by atoms with Crippen LogP contribution < -0.4 is 9.75 Å². The highest BCUT2D eigenvalue weighted by molar-refractivity contribution is 6.16.